The van der Waals surface area contributed by atoms with Gasteiger partial charge in [-0.25, -0.2) is 8.78 Å². The average Bonchev–Trinajstić information content (AvgIpc) is 2.87. The second-order valence-electron chi connectivity index (χ2n) is 7.10. The highest BCUT2D eigenvalue weighted by atomic mass is 32.2. The van der Waals surface area contributed by atoms with Gasteiger partial charge in [0.25, 0.3) is 5.91 Å². The number of nitrogens with one attached hydrogen (secondary N) is 1. The number of halogens is 5. The molecule has 2 heterocycles. The predicted molar refractivity (Wildman–Crippen MR) is 105 cm³/mol. The van der Waals surface area contributed by atoms with E-state index in [1.165, 1.54) is 29.4 Å². The molecule has 31 heavy (non-hydrogen) atoms. The van der Waals surface area contributed by atoms with Gasteiger partial charge in [-0.3, -0.25) is 9.00 Å². The molecule has 168 valence electrons. The van der Waals surface area contributed by atoms with E-state index in [-0.39, 0.29) is 37.4 Å². The minimum absolute atomic E-state index is 0.0844. The summed E-state index contributed by atoms with van der Waals surface area (Å²) in [6.45, 7) is -0.0855. The maximum absolute atomic E-state index is 13.7. The molecular formula is C19H19F5N4O2S. The molecule has 3 rings (SSSR count). The van der Waals surface area contributed by atoms with Gasteiger partial charge in [0.2, 0.25) is 5.92 Å². The second-order valence-corrected chi connectivity index (χ2v) is 8.48. The molecule has 1 aromatic carbocycles. The van der Waals surface area contributed by atoms with E-state index in [1.54, 1.807) is 6.07 Å². The Labute approximate surface area is 177 Å². The fourth-order valence-corrected chi connectivity index (χ4v) is 3.71. The van der Waals surface area contributed by atoms with Gasteiger partial charge in [-0.15, -0.1) is 10.2 Å². The molecule has 6 nitrogen and oxygen atoms in total. The van der Waals surface area contributed by atoms with Crippen molar-refractivity contribution >= 4 is 28.2 Å². The molecule has 1 fully saturated rings. The van der Waals surface area contributed by atoms with Crippen molar-refractivity contribution < 1.29 is 31.0 Å². The molecule has 0 bridgehead atoms. The van der Waals surface area contributed by atoms with Crippen molar-refractivity contribution in [3.05, 3.63) is 41.6 Å². The van der Waals surface area contributed by atoms with Gasteiger partial charge < -0.3 is 10.2 Å². The van der Waals surface area contributed by atoms with Crippen molar-refractivity contribution in [1.82, 2.24) is 10.2 Å². The van der Waals surface area contributed by atoms with E-state index in [2.05, 4.69) is 15.5 Å². The third kappa shape index (κ3) is 5.75. The zero-order valence-corrected chi connectivity index (χ0v) is 17.2. The molecule has 1 N–H and O–H groups in total. The number of benzene rings is 1. The van der Waals surface area contributed by atoms with Gasteiger partial charge in [-0.05, 0) is 30.7 Å². The Balaban J connectivity index is 1.96. The lowest BCUT2D eigenvalue weighted by Crippen LogP contribution is -2.30. The van der Waals surface area contributed by atoms with Crippen LogP contribution in [0.15, 0.2) is 35.2 Å². The monoisotopic (exact) mass is 462 g/mol. The highest BCUT2D eigenvalue weighted by molar-refractivity contribution is 7.84. The number of nitrogens with zero attached hydrogens (tertiary/aromatic N) is 3. The molecule has 1 aromatic heterocycles. The Bertz CT molecular complexity index is 1000. The van der Waals surface area contributed by atoms with Crippen LogP contribution in [0.5, 0.6) is 0 Å². The number of rotatable bonds is 4. The van der Waals surface area contributed by atoms with Gasteiger partial charge in [0.1, 0.15) is 0 Å². The van der Waals surface area contributed by atoms with Crippen LogP contribution in [-0.4, -0.2) is 45.6 Å². The van der Waals surface area contributed by atoms with E-state index in [1.807, 2.05) is 0 Å². The number of carbonyl (C=O) groups is 1. The molecule has 1 atom stereocenters. The largest absolute Gasteiger partial charge is 0.435 e. The zero-order chi connectivity index (χ0) is 22.8. The van der Waals surface area contributed by atoms with Crippen LogP contribution in [0.1, 0.15) is 35.3 Å². The Morgan fingerprint density at radius 3 is 2.58 bits per heavy atom. The first kappa shape index (κ1) is 23.0. The molecule has 1 aliphatic heterocycles. The quantitative estimate of drug-likeness (QED) is 0.693. The molecule has 1 aliphatic rings. The number of hydrogen-bond acceptors (Lipinski definition) is 5. The summed E-state index contributed by atoms with van der Waals surface area (Å²) in [5.74, 6) is -4.00. The fraction of sp³-hybridized carbons (Fsp3) is 0.421. The molecule has 0 unspecified atom stereocenters. The number of alkyl halides is 5. The summed E-state index contributed by atoms with van der Waals surface area (Å²) in [7, 11) is -1.33. The van der Waals surface area contributed by atoms with Crippen molar-refractivity contribution in [1.29, 1.82) is 0 Å². The maximum atomic E-state index is 13.7. The molecule has 0 aliphatic carbocycles. The van der Waals surface area contributed by atoms with Crippen LogP contribution in [0.25, 0.3) is 0 Å². The third-order valence-corrected chi connectivity index (χ3v) is 5.67. The van der Waals surface area contributed by atoms with Crippen LogP contribution in [0, 0.1) is 0 Å². The summed E-state index contributed by atoms with van der Waals surface area (Å²) >= 11 is 0. The first-order valence-electron chi connectivity index (χ1n) is 9.29. The van der Waals surface area contributed by atoms with E-state index >= 15 is 0 Å². The Hall–Kier alpha value is -2.63. The Morgan fingerprint density at radius 2 is 1.90 bits per heavy atom. The van der Waals surface area contributed by atoms with Crippen LogP contribution in [0.3, 0.4) is 0 Å². The summed E-state index contributed by atoms with van der Waals surface area (Å²) in [5.41, 5.74) is -1.59. The number of anilines is 2. The van der Waals surface area contributed by atoms with E-state index in [0.717, 1.165) is 0 Å². The van der Waals surface area contributed by atoms with Crippen LogP contribution >= 0.6 is 0 Å². The van der Waals surface area contributed by atoms with Gasteiger partial charge in [-0.2, -0.15) is 13.2 Å². The average molecular weight is 462 g/mol. The van der Waals surface area contributed by atoms with Gasteiger partial charge in [-0.1, -0.05) is 6.07 Å². The van der Waals surface area contributed by atoms with Crippen molar-refractivity contribution in [2.45, 2.75) is 36.3 Å². The lowest BCUT2D eigenvalue weighted by Gasteiger charge is -2.24. The molecule has 12 heteroatoms. The summed E-state index contributed by atoms with van der Waals surface area (Å²) in [4.78, 5) is 14.6. The normalized spacial score (nSPS) is 17.7. The molecular weight excluding hydrogens is 443 g/mol. The SMILES string of the molecule is C[S@](=O)c1cccc(NC(=O)c2cc(C(F)(F)F)nnc2N2CCCC(F)(F)CC2)c1. The van der Waals surface area contributed by atoms with Gasteiger partial charge in [0.05, 0.1) is 5.56 Å². The topological polar surface area (TPSA) is 75.2 Å². The van der Waals surface area contributed by atoms with E-state index in [0.29, 0.717) is 11.0 Å². The van der Waals surface area contributed by atoms with Crippen molar-refractivity contribution in [2.75, 3.05) is 29.6 Å². The summed E-state index contributed by atoms with van der Waals surface area (Å²) in [6, 6.07) is 6.59. The number of carbonyl (C=O) groups excluding carboxylic acids is 1. The Morgan fingerprint density at radius 1 is 1.16 bits per heavy atom. The molecule has 0 radical (unpaired) electrons. The molecule has 1 amide bonds. The number of amides is 1. The van der Waals surface area contributed by atoms with Crippen molar-refractivity contribution in [3.8, 4) is 0 Å². The minimum Gasteiger partial charge on any atom is -0.354 e. The van der Waals surface area contributed by atoms with E-state index in [4.69, 9.17) is 0 Å². The number of aromatic nitrogens is 2. The lowest BCUT2D eigenvalue weighted by atomic mass is 10.1. The van der Waals surface area contributed by atoms with Crippen LogP contribution in [0.2, 0.25) is 0 Å². The standard InChI is InChI=1S/C19H19F5N4O2S/c1-31(30)13-5-2-4-12(10-13)25-17(29)14-11-15(19(22,23)24)26-27-16(14)28-8-3-6-18(20,21)7-9-28/h2,4-5,10-11H,3,6-9H2,1H3,(H,25,29)/t31-/m0/s1. The highest BCUT2D eigenvalue weighted by Crippen LogP contribution is 2.33. The Kier molecular flexibility index (Phi) is 6.58. The summed E-state index contributed by atoms with van der Waals surface area (Å²) in [6.07, 6.45) is -4.19. The van der Waals surface area contributed by atoms with E-state index in [9.17, 15) is 31.0 Å². The van der Waals surface area contributed by atoms with Crippen LogP contribution in [0.4, 0.5) is 33.5 Å². The number of hydrogen-bond donors (Lipinski definition) is 1. The predicted octanol–water partition coefficient (Wildman–Crippen LogP) is 4.11. The molecule has 1 saturated heterocycles. The lowest BCUT2D eigenvalue weighted by molar-refractivity contribution is -0.141. The molecule has 0 saturated carbocycles. The third-order valence-electron chi connectivity index (χ3n) is 4.75. The van der Waals surface area contributed by atoms with E-state index < -0.39 is 46.5 Å². The van der Waals surface area contributed by atoms with Crippen LogP contribution < -0.4 is 10.2 Å². The van der Waals surface area contributed by atoms with Crippen LogP contribution in [-0.2, 0) is 17.0 Å². The fourth-order valence-electron chi connectivity index (χ4n) is 3.15. The highest BCUT2D eigenvalue weighted by Gasteiger charge is 2.37. The van der Waals surface area contributed by atoms with Crippen molar-refractivity contribution in [3.63, 3.8) is 0 Å². The first-order valence-corrected chi connectivity index (χ1v) is 10.8. The van der Waals surface area contributed by atoms with Gasteiger partial charge >= 0.3 is 6.18 Å². The van der Waals surface area contributed by atoms with Gasteiger partial charge in [0.15, 0.2) is 11.5 Å². The second kappa shape index (κ2) is 8.85. The molecule has 0 spiro atoms. The first-order chi connectivity index (χ1) is 14.5. The smallest absolute Gasteiger partial charge is 0.354 e. The molecule has 2 aromatic rings. The summed E-state index contributed by atoms with van der Waals surface area (Å²) in [5, 5.41) is 9.18. The zero-order valence-electron chi connectivity index (χ0n) is 16.4. The van der Waals surface area contributed by atoms with Gasteiger partial charge in [0, 0.05) is 53.6 Å². The minimum atomic E-state index is -4.84. The van der Waals surface area contributed by atoms with Crippen molar-refractivity contribution in [2.24, 2.45) is 0 Å². The summed E-state index contributed by atoms with van der Waals surface area (Å²) < 4.78 is 78.5. The maximum Gasteiger partial charge on any atom is 0.435 e.